The summed E-state index contributed by atoms with van der Waals surface area (Å²) in [7, 11) is 0. The van der Waals surface area contributed by atoms with Crippen molar-refractivity contribution in [2.75, 3.05) is 0 Å². The van der Waals surface area contributed by atoms with E-state index in [0.717, 1.165) is 35.0 Å². The van der Waals surface area contributed by atoms with Gasteiger partial charge in [-0.1, -0.05) is 72.3 Å². The number of hydrogen-bond donors (Lipinski definition) is 0. The van der Waals surface area contributed by atoms with Crippen molar-refractivity contribution in [2.45, 2.75) is 0 Å². The van der Waals surface area contributed by atoms with Crippen LogP contribution in [0.1, 0.15) is 0 Å². The normalized spacial score (nSPS) is 11.0. The minimum Gasteiger partial charge on any atom is -0.456 e. The molecule has 0 radical (unpaired) electrons. The van der Waals surface area contributed by atoms with Crippen LogP contribution < -0.4 is 16.3 Å². The molecule has 0 aliphatic rings. The SMILES string of the molecule is O=c1c2ccccc2oc2ccccc12.O=c1c2ccccc2sc2ccc(Cl)cc12.O=c1c2ccccc2sc2ccccc12. The van der Waals surface area contributed by atoms with Gasteiger partial charge in [0, 0.05) is 45.4 Å². The Labute approximate surface area is 275 Å². The molecule has 9 aromatic rings. The zero-order chi connectivity index (χ0) is 31.6. The smallest absolute Gasteiger partial charge is 0.200 e. The van der Waals surface area contributed by atoms with Gasteiger partial charge in [0.1, 0.15) is 11.2 Å². The molecule has 222 valence electrons. The van der Waals surface area contributed by atoms with Gasteiger partial charge < -0.3 is 4.42 Å². The Morgan fingerprint density at radius 1 is 0.391 bits per heavy atom. The molecule has 0 unspecified atom stereocenters. The maximum atomic E-state index is 12.2. The van der Waals surface area contributed by atoms with E-state index in [2.05, 4.69) is 0 Å². The summed E-state index contributed by atoms with van der Waals surface area (Å²) < 4.78 is 9.74. The first-order valence-corrected chi connectivity index (χ1v) is 16.4. The summed E-state index contributed by atoms with van der Waals surface area (Å²) in [6.07, 6.45) is 0. The number of halogens is 1. The van der Waals surface area contributed by atoms with E-state index in [1.807, 2.05) is 121 Å². The van der Waals surface area contributed by atoms with Crippen molar-refractivity contribution >= 4 is 96.6 Å². The van der Waals surface area contributed by atoms with Crippen molar-refractivity contribution in [1.82, 2.24) is 0 Å². The highest BCUT2D eigenvalue weighted by Gasteiger charge is 2.07. The van der Waals surface area contributed by atoms with Gasteiger partial charge >= 0.3 is 0 Å². The Balaban J connectivity index is 0.000000110. The number of hydrogen-bond acceptors (Lipinski definition) is 6. The third kappa shape index (κ3) is 5.70. The highest BCUT2D eigenvalue weighted by molar-refractivity contribution is 7.24. The quantitative estimate of drug-likeness (QED) is 0.153. The standard InChI is InChI=1S/C13H7ClOS.C13H8O2.C13H8OS/c14-8-5-6-12-10(7-8)13(15)9-3-1-2-4-11(9)16-12;2*14-13-9-5-1-3-7-11(9)15-12-8-4-2-6-10(12)13/h1-7H;2*1-8H. The van der Waals surface area contributed by atoms with Crippen LogP contribution >= 0.6 is 34.3 Å². The molecule has 4 nitrogen and oxygen atoms in total. The summed E-state index contributed by atoms with van der Waals surface area (Å²) in [5.74, 6) is 0. The van der Waals surface area contributed by atoms with Gasteiger partial charge in [-0.25, -0.2) is 0 Å². The lowest BCUT2D eigenvalue weighted by Crippen LogP contribution is -2.01. The van der Waals surface area contributed by atoms with E-state index in [0.29, 0.717) is 32.3 Å². The summed E-state index contributed by atoms with van der Waals surface area (Å²) in [5, 5.41) is 4.99. The van der Waals surface area contributed by atoms with E-state index >= 15 is 0 Å². The molecular weight excluding hydrogens is 632 g/mol. The van der Waals surface area contributed by atoms with Gasteiger partial charge in [0.15, 0.2) is 10.9 Å². The Kier molecular flexibility index (Phi) is 8.16. The van der Waals surface area contributed by atoms with Crippen LogP contribution in [0.5, 0.6) is 0 Å². The van der Waals surface area contributed by atoms with Crippen LogP contribution in [0.3, 0.4) is 0 Å². The van der Waals surface area contributed by atoms with E-state index < -0.39 is 0 Å². The molecule has 9 rings (SSSR count). The summed E-state index contributed by atoms with van der Waals surface area (Å²) in [6, 6.07) is 43.2. The molecule has 0 aliphatic heterocycles. The van der Waals surface area contributed by atoms with Gasteiger partial charge in [0.25, 0.3) is 0 Å². The molecule has 0 N–H and O–H groups in total. The highest BCUT2D eigenvalue weighted by Crippen LogP contribution is 2.26. The van der Waals surface area contributed by atoms with Crippen LogP contribution in [-0.2, 0) is 0 Å². The van der Waals surface area contributed by atoms with Crippen molar-refractivity contribution < 1.29 is 4.42 Å². The fourth-order valence-corrected chi connectivity index (χ4v) is 7.57. The van der Waals surface area contributed by atoms with Crippen molar-refractivity contribution in [3.63, 3.8) is 0 Å². The lowest BCUT2D eigenvalue weighted by atomic mass is 10.1. The van der Waals surface area contributed by atoms with Gasteiger partial charge in [0.2, 0.25) is 5.43 Å². The first kappa shape index (κ1) is 29.6. The second kappa shape index (κ2) is 12.7. The van der Waals surface area contributed by atoms with E-state index in [1.165, 1.54) is 0 Å². The molecule has 0 spiro atoms. The summed E-state index contributed by atoms with van der Waals surface area (Å²) in [5.41, 5.74) is 1.52. The predicted molar refractivity (Wildman–Crippen MR) is 196 cm³/mol. The van der Waals surface area contributed by atoms with E-state index in [-0.39, 0.29) is 16.3 Å². The summed E-state index contributed by atoms with van der Waals surface area (Å²) in [4.78, 5) is 36.3. The van der Waals surface area contributed by atoms with E-state index in [1.54, 1.807) is 40.9 Å². The highest BCUT2D eigenvalue weighted by atomic mass is 35.5. The van der Waals surface area contributed by atoms with Crippen LogP contribution in [0.4, 0.5) is 0 Å². The molecule has 46 heavy (non-hydrogen) atoms. The fourth-order valence-electron chi connectivity index (χ4n) is 5.28. The fraction of sp³-hybridized carbons (Fsp3) is 0. The second-order valence-corrected chi connectivity index (χ2v) is 13.0. The molecule has 7 heteroatoms. The Bertz CT molecular complexity index is 2510. The lowest BCUT2D eigenvalue weighted by molar-refractivity contribution is 0.660. The van der Waals surface area contributed by atoms with Gasteiger partial charge in [-0.3, -0.25) is 14.4 Å². The second-order valence-electron chi connectivity index (χ2n) is 10.4. The third-order valence-electron chi connectivity index (χ3n) is 7.50. The molecule has 0 aliphatic carbocycles. The van der Waals surface area contributed by atoms with Crippen LogP contribution in [0.15, 0.2) is 158 Å². The van der Waals surface area contributed by atoms with Crippen LogP contribution in [0, 0.1) is 0 Å². The first-order chi connectivity index (χ1) is 22.5. The molecule has 0 bridgehead atoms. The molecule has 0 saturated carbocycles. The van der Waals surface area contributed by atoms with E-state index in [4.69, 9.17) is 16.0 Å². The third-order valence-corrected chi connectivity index (χ3v) is 10.0. The molecule has 0 amide bonds. The van der Waals surface area contributed by atoms with Crippen molar-refractivity contribution in [3.05, 3.63) is 175 Å². The average Bonchev–Trinajstić information content (AvgIpc) is 3.10. The topological polar surface area (TPSA) is 64.3 Å². The first-order valence-electron chi connectivity index (χ1n) is 14.4. The van der Waals surface area contributed by atoms with Gasteiger partial charge in [-0.05, 0) is 78.9 Å². The average molecular weight is 655 g/mol. The molecule has 0 fully saturated rings. The molecule has 3 aromatic heterocycles. The van der Waals surface area contributed by atoms with Gasteiger partial charge in [-0.15, -0.1) is 22.7 Å². The number of rotatable bonds is 0. The maximum Gasteiger partial charge on any atom is 0.200 e. The molecule has 0 saturated heterocycles. The van der Waals surface area contributed by atoms with Crippen molar-refractivity contribution in [1.29, 1.82) is 0 Å². The minimum atomic E-state index is 0.0347. The Hall–Kier alpha value is -5.14. The van der Waals surface area contributed by atoms with Crippen molar-refractivity contribution in [3.8, 4) is 0 Å². The zero-order valence-corrected chi connectivity index (χ0v) is 26.5. The van der Waals surface area contributed by atoms with E-state index in [9.17, 15) is 14.4 Å². The van der Waals surface area contributed by atoms with Crippen LogP contribution in [-0.4, -0.2) is 0 Å². The monoisotopic (exact) mass is 654 g/mol. The minimum absolute atomic E-state index is 0.0347. The number of fused-ring (bicyclic) bond motifs is 6. The Morgan fingerprint density at radius 2 is 0.739 bits per heavy atom. The van der Waals surface area contributed by atoms with Crippen molar-refractivity contribution in [2.24, 2.45) is 0 Å². The number of para-hydroxylation sites is 2. The molecule has 6 aromatic carbocycles. The Morgan fingerprint density at radius 3 is 1.22 bits per heavy atom. The van der Waals surface area contributed by atoms with Gasteiger partial charge in [0.05, 0.1) is 10.8 Å². The molecule has 0 atom stereocenters. The predicted octanol–water partition coefficient (Wildman–Crippen LogP) is 10.4. The zero-order valence-electron chi connectivity index (χ0n) is 24.1. The lowest BCUT2D eigenvalue weighted by Gasteiger charge is -2.00. The largest absolute Gasteiger partial charge is 0.456 e. The summed E-state index contributed by atoms with van der Waals surface area (Å²) in [6.45, 7) is 0. The molecular formula is C39H23ClO4S2. The van der Waals surface area contributed by atoms with Gasteiger partial charge in [-0.2, -0.15) is 0 Å². The van der Waals surface area contributed by atoms with Crippen LogP contribution in [0.25, 0.3) is 62.3 Å². The summed E-state index contributed by atoms with van der Waals surface area (Å²) >= 11 is 9.19. The van der Waals surface area contributed by atoms with Crippen LogP contribution in [0.2, 0.25) is 5.02 Å². The number of benzene rings is 6. The molecule has 3 heterocycles. The maximum absolute atomic E-state index is 12.2.